The second-order valence-corrected chi connectivity index (χ2v) is 7.38. The van der Waals surface area contributed by atoms with E-state index in [4.69, 9.17) is 14.3 Å². The van der Waals surface area contributed by atoms with Crippen LogP contribution in [0.5, 0.6) is 11.5 Å². The third-order valence-electron chi connectivity index (χ3n) is 4.64. The molecule has 29 heavy (non-hydrogen) atoms. The molecule has 0 saturated carbocycles. The van der Waals surface area contributed by atoms with Gasteiger partial charge in [0.05, 0.1) is 12.3 Å². The van der Waals surface area contributed by atoms with Crippen LogP contribution in [0.1, 0.15) is 43.0 Å². The molecule has 0 aliphatic heterocycles. The van der Waals surface area contributed by atoms with E-state index in [1.807, 2.05) is 31.2 Å². The molecule has 0 spiro atoms. The molecular weight excluding hydrogens is 362 g/mol. The van der Waals surface area contributed by atoms with Crippen molar-refractivity contribution in [3.63, 3.8) is 0 Å². The molecule has 4 heteroatoms. The van der Waals surface area contributed by atoms with Crippen LogP contribution in [0.4, 0.5) is 0 Å². The zero-order valence-corrected chi connectivity index (χ0v) is 18.5. The van der Waals surface area contributed by atoms with Crippen molar-refractivity contribution < 1.29 is 14.3 Å². The minimum Gasteiger partial charge on any atom is -0.493 e. The quantitative estimate of drug-likeness (QED) is 0.286. The third kappa shape index (κ3) is 6.67. The van der Waals surface area contributed by atoms with Gasteiger partial charge >= 0.3 is 0 Å². The second-order valence-electron chi connectivity index (χ2n) is 7.38. The number of rotatable bonds is 10. The summed E-state index contributed by atoms with van der Waals surface area (Å²) in [7, 11) is 1.58. The lowest BCUT2D eigenvalue weighted by atomic mass is 9.98. The highest BCUT2D eigenvalue weighted by Gasteiger charge is 2.10. The van der Waals surface area contributed by atoms with Crippen LogP contribution < -0.4 is 9.47 Å². The second kappa shape index (κ2) is 11.3. The first-order valence-corrected chi connectivity index (χ1v) is 10.1. The van der Waals surface area contributed by atoms with Crippen molar-refractivity contribution in [3.8, 4) is 11.5 Å². The van der Waals surface area contributed by atoms with E-state index in [2.05, 4.69) is 57.1 Å². The Kier molecular flexibility index (Phi) is 8.78. The number of hydrogen-bond donors (Lipinski definition) is 0. The average molecular weight is 396 g/mol. The highest BCUT2D eigenvalue weighted by atomic mass is 16.6. The predicted octanol–water partition coefficient (Wildman–Crippen LogP) is 5.89. The molecule has 0 aromatic heterocycles. The zero-order chi connectivity index (χ0) is 21.2. The number of ether oxygens (including phenoxy) is 2. The summed E-state index contributed by atoms with van der Waals surface area (Å²) in [6.07, 6.45) is 4.82. The Bertz CT molecular complexity index is 813. The molecule has 156 valence electrons. The van der Waals surface area contributed by atoms with Gasteiger partial charge in [0.15, 0.2) is 0 Å². The third-order valence-corrected chi connectivity index (χ3v) is 4.64. The van der Waals surface area contributed by atoms with Crippen molar-refractivity contribution in [1.82, 2.24) is 0 Å². The summed E-state index contributed by atoms with van der Waals surface area (Å²) in [5.74, 6) is 2.12. The first-order valence-electron chi connectivity index (χ1n) is 10.1. The van der Waals surface area contributed by atoms with Gasteiger partial charge in [-0.15, -0.1) is 0 Å². The van der Waals surface area contributed by atoms with Gasteiger partial charge in [-0.2, -0.15) is 0 Å². The van der Waals surface area contributed by atoms with E-state index in [0.717, 1.165) is 40.3 Å². The Hall–Kier alpha value is -2.75. The van der Waals surface area contributed by atoms with Gasteiger partial charge in [0.1, 0.15) is 25.2 Å². The van der Waals surface area contributed by atoms with E-state index >= 15 is 0 Å². The van der Waals surface area contributed by atoms with Crippen molar-refractivity contribution in [2.24, 2.45) is 11.1 Å². The van der Waals surface area contributed by atoms with Gasteiger partial charge in [0.25, 0.3) is 0 Å². The lowest BCUT2D eigenvalue weighted by Crippen LogP contribution is -2.10. The number of hydrogen-bond acceptors (Lipinski definition) is 4. The van der Waals surface area contributed by atoms with Crippen LogP contribution in [0.15, 0.2) is 53.7 Å². The van der Waals surface area contributed by atoms with Gasteiger partial charge in [-0.1, -0.05) is 55.4 Å². The highest BCUT2D eigenvalue weighted by Crippen LogP contribution is 2.28. The fraction of sp³-hybridized carbons (Fsp3) is 0.400. The van der Waals surface area contributed by atoms with Crippen LogP contribution in [0.3, 0.4) is 0 Å². The number of benzene rings is 2. The monoisotopic (exact) mass is 395 g/mol. The number of oxime groups is 1. The predicted molar refractivity (Wildman–Crippen MR) is 120 cm³/mol. The SMILES string of the molecule is C/C=C/COc1cc(C)c(OCCc2ccc(/C(=N/OC)C(C)C)cc2)c(C)c1. The highest BCUT2D eigenvalue weighted by molar-refractivity contribution is 6.01. The van der Waals surface area contributed by atoms with E-state index < -0.39 is 0 Å². The minimum atomic E-state index is 0.306. The summed E-state index contributed by atoms with van der Waals surface area (Å²) in [4.78, 5) is 4.98. The number of nitrogens with zero attached hydrogens (tertiary/aromatic N) is 1. The lowest BCUT2D eigenvalue weighted by molar-refractivity contribution is 0.212. The molecule has 0 saturated heterocycles. The normalized spacial score (nSPS) is 11.9. The van der Waals surface area contributed by atoms with Crippen molar-refractivity contribution in [1.29, 1.82) is 0 Å². The van der Waals surface area contributed by atoms with Crippen molar-refractivity contribution in [3.05, 3.63) is 70.8 Å². The number of aryl methyl sites for hydroxylation is 2. The molecule has 0 radical (unpaired) electrons. The molecule has 0 bridgehead atoms. The summed E-state index contributed by atoms with van der Waals surface area (Å²) < 4.78 is 11.8. The van der Waals surface area contributed by atoms with Crippen LogP contribution >= 0.6 is 0 Å². The molecule has 0 amide bonds. The summed E-state index contributed by atoms with van der Waals surface area (Å²) in [5.41, 5.74) is 5.46. The van der Waals surface area contributed by atoms with Crippen LogP contribution in [0.2, 0.25) is 0 Å². The van der Waals surface area contributed by atoms with Crippen molar-refractivity contribution >= 4 is 5.71 Å². The maximum atomic E-state index is 6.09. The summed E-state index contributed by atoms with van der Waals surface area (Å²) in [6.45, 7) is 11.5. The first kappa shape index (κ1) is 22.5. The number of allylic oxidation sites excluding steroid dienone is 1. The Balaban J connectivity index is 1.97. The van der Waals surface area contributed by atoms with Crippen molar-refractivity contribution in [2.75, 3.05) is 20.3 Å². The molecule has 0 fully saturated rings. The smallest absolute Gasteiger partial charge is 0.125 e. The molecule has 0 unspecified atom stereocenters. The molecule has 2 aromatic carbocycles. The molecule has 2 aromatic rings. The van der Waals surface area contributed by atoms with Gasteiger partial charge in [0, 0.05) is 6.42 Å². The maximum absolute atomic E-state index is 6.09. The van der Waals surface area contributed by atoms with E-state index in [1.54, 1.807) is 7.11 Å². The minimum absolute atomic E-state index is 0.306. The fourth-order valence-electron chi connectivity index (χ4n) is 3.17. The molecule has 0 aliphatic carbocycles. The van der Waals surface area contributed by atoms with E-state index in [1.165, 1.54) is 5.56 Å². The van der Waals surface area contributed by atoms with Gasteiger partial charge in [-0.25, -0.2) is 0 Å². The Morgan fingerprint density at radius 2 is 1.69 bits per heavy atom. The van der Waals surface area contributed by atoms with E-state index in [9.17, 15) is 0 Å². The average Bonchev–Trinajstić information content (AvgIpc) is 2.69. The van der Waals surface area contributed by atoms with E-state index in [-0.39, 0.29) is 0 Å². The van der Waals surface area contributed by atoms with Crippen LogP contribution in [0, 0.1) is 19.8 Å². The van der Waals surface area contributed by atoms with Gasteiger partial charge in [-0.05, 0) is 61.1 Å². The van der Waals surface area contributed by atoms with Gasteiger partial charge in [0.2, 0.25) is 0 Å². The van der Waals surface area contributed by atoms with Gasteiger partial charge < -0.3 is 14.3 Å². The van der Waals surface area contributed by atoms with Crippen LogP contribution in [-0.2, 0) is 11.3 Å². The topological polar surface area (TPSA) is 40.0 Å². The largest absolute Gasteiger partial charge is 0.493 e. The Labute approximate surface area is 175 Å². The molecule has 0 aliphatic rings. The Morgan fingerprint density at radius 1 is 1.03 bits per heavy atom. The molecule has 2 rings (SSSR count). The van der Waals surface area contributed by atoms with Crippen molar-refractivity contribution in [2.45, 2.75) is 41.0 Å². The molecule has 0 atom stereocenters. The molecule has 4 nitrogen and oxygen atoms in total. The summed E-state index contributed by atoms with van der Waals surface area (Å²) >= 11 is 0. The zero-order valence-electron chi connectivity index (χ0n) is 18.5. The van der Waals surface area contributed by atoms with E-state index in [0.29, 0.717) is 19.1 Å². The molecule has 0 heterocycles. The van der Waals surface area contributed by atoms with Crippen LogP contribution in [-0.4, -0.2) is 26.0 Å². The van der Waals surface area contributed by atoms with Crippen LogP contribution in [0.25, 0.3) is 0 Å². The molecule has 0 N–H and O–H groups in total. The standard InChI is InChI=1S/C25H33NO3/c1-7-8-14-28-23-16-19(4)25(20(5)17-23)29-15-13-21-9-11-22(12-10-21)24(18(2)3)26-27-6/h7-12,16-18H,13-15H2,1-6H3/b8-7+,26-24+. The lowest BCUT2D eigenvalue weighted by Gasteiger charge is -2.15. The maximum Gasteiger partial charge on any atom is 0.125 e. The van der Waals surface area contributed by atoms with Gasteiger partial charge in [-0.3, -0.25) is 0 Å². The Morgan fingerprint density at radius 3 is 2.24 bits per heavy atom. The molecular formula is C25H33NO3. The summed E-state index contributed by atoms with van der Waals surface area (Å²) in [5, 5.41) is 4.15. The fourth-order valence-corrected chi connectivity index (χ4v) is 3.17. The summed E-state index contributed by atoms with van der Waals surface area (Å²) in [6, 6.07) is 12.5. The first-order chi connectivity index (χ1) is 14.0.